The van der Waals surface area contributed by atoms with Gasteiger partial charge in [-0.25, -0.2) is 4.39 Å². The average molecular weight is 320 g/mol. The van der Waals surface area contributed by atoms with Gasteiger partial charge in [-0.15, -0.1) is 0 Å². The molecule has 0 aliphatic heterocycles. The molecule has 3 aromatic rings. The molecule has 0 atom stereocenters. The van der Waals surface area contributed by atoms with Crippen molar-refractivity contribution in [2.24, 2.45) is 0 Å². The standard InChI is InChI=1S/C14H11BrFN3/c15-12-5-4-10(16)6-9(12)7-17-13-2-1-3-14-11(13)8-18-19-14/h1-6,8,17H,7H2,(H,18,19). The van der Waals surface area contributed by atoms with Gasteiger partial charge in [0.15, 0.2) is 0 Å². The molecule has 0 bridgehead atoms. The van der Waals surface area contributed by atoms with Crippen molar-refractivity contribution in [2.45, 2.75) is 6.54 Å². The first kappa shape index (κ1) is 12.2. The third kappa shape index (κ3) is 2.46. The third-order valence-electron chi connectivity index (χ3n) is 2.96. The number of halogens is 2. The van der Waals surface area contributed by atoms with Crippen molar-refractivity contribution >= 4 is 32.5 Å². The van der Waals surface area contributed by atoms with Gasteiger partial charge in [-0.05, 0) is 35.9 Å². The minimum atomic E-state index is -0.235. The highest BCUT2D eigenvalue weighted by Crippen LogP contribution is 2.23. The number of aromatic amines is 1. The Kier molecular flexibility index (Phi) is 3.21. The summed E-state index contributed by atoms with van der Waals surface area (Å²) in [5.41, 5.74) is 2.83. The number of hydrogen-bond acceptors (Lipinski definition) is 2. The van der Waals surface area contributed by atoms with E-state index in [2.05, 4.69) is 31.4 Å². The van der Waals surface area contributed by atoms with E-state index in [1.807, 2.05) is 18.2 Å². The van der Waals surface area contributed by atoms with Crippen molar-refractivity contribution in [3.8, 4) is 0 Å². The van der Waals surface area contributed by atoms with Crippen molar-refractivity contribution in [2.75, 3.05) is 5.32 Å². The first-order chi connectivity index (χ1) is 9.24. The van der Waals surface area contributed by atoms with Crippen LogP contribution in [-0.2, 0) is 6.54 Å². The summed E-state index contributed by atoms with van der Waals surface area (Å²) >= 11 is 3.42. The van der Waals surface area contributed by atoms with Crippen molar-refractivity contribution in [1.82, 2.24) is 10.2 Å². The molecule has 3 nitrogen and oxygen atoms in total. The van der Waals surface area contributed by atoms with Gasteiger partial charge in [-0.2, -0.15) is 5.10 Å². The van der Waals surface area contributed by atoms with Crippen LogP contribution >= 0.6 is 15.9 Å². The van der Waals surface area contributed by atoms with Gasteiger partial charge in [-0.3, -0.25) is 5.10 Å². The van der Waals surface area contributed by atoms with Gasteiger partial charge in [-0.1, -0.05) is 22.0 Å². The van der Waals surface area contributed by atoms with Crippen molar-refractivity contribution < 1.29 is 4.39 Å². The normalized spacial score (nSPS) is 10.8. The summed E-state index contributed by atoms with van der Waals surface area (Å²) < 4.78 is 14.1. The predicted octanol–water partition coefficient (Wildman–Crippen LogP) is 4.08. The molecular formula is C14H11BrFN3. The molecule has 0 aliphatic rings. The molecule has 5 heteroatoms. The molecule has 0 amide bonds. The molecule has 1 aromatic heterocycles. The summed E-state index contributed by atoms with van der Waals surface area (Å²) in [5, 5.41) is 11.3. The van der Waals surface area contributed by atoms with Crippen LogP contribution in [0.4, 0.5) is 10.1 Å². The Hall–Kier alpha value is -1.88. The quantitative estimate of drug-likeness (QED) is 0.763. The summed E-state index contributed by atoms with van der Waals surface area (Å²) in [6.45, 7) is 0.544. The third-order valence-corrected chi connectivity index (χ3v) is 3.74. The molecule has 0 saturated carbocycles. The van der Waals surface area contributed by atoms with Gasteiger partial charge >= 0.3 is 0 Å². The maximum atomic E-state index is 13.2. The van der Waals surface area contributed by atoms with E-state index in [1.54, 1.807) is 12.3 Å². The SMILES string of the molecule is Fc1ccc(Br)c(CNc2cccc3[nH]ncc23)c1. The summed E-state index contributed by atoms with van der Waals surface area (Å²) in [5.74, 6) is -0.235. The van der Waals surface area contributed by atoms with E-state index in [0.717, 1.165) is 26.6 Å². The molecule has 0 saturated heterocycles. The fourth-order valence-corrected chi connectivity index (χ4v) is 2.38. The first-order valence-electron chi connectivity index (χ1n) is 5.84. The number of aromatic nitrogens is 2. The molecule has 0 aliphatic carbocycles. The number of benzene rings is 2. The number of fused-ring (bicyclic) bond motifs is 1. The Labute approximate surface area is 118 Å². The largest absolute Gasteiger partial charge is 0.380 e. The second kappa shape index (κ2) is 5.01. The van der Waals surface area contributed by atoms with Gasteiger partial charge < -0.3 is 5.32 Å². The summed E-state index contributed by atoms with van der Waals surface area (Å²) in [6, 6.07) is 10.6. The second-order valence-electron chi connectivity index (χ2n) is 4.23. The lowest BCUT2D eigenvalue weighted by Crippen LogP contribution is -2.01. The maximum absolute atomic E-state index is 13.2. The van der Waals surface area contributed by atoms with Crippen molar-refractivity contribution in [3.63, 3.8) is 0 Å². The predicted molar refractivity (Wildman–Crippen MR) is 77.5 cm³/mol. The smallest absolute Gasteiger partial charge is 0.123 e. The van der Waals surface area contributed by atoms with Crippen LogP contribution in [-0.4, -0.2) is 10.2 Å². The molecule has 2 aromatic carbocycles. The Morgan fingerprint density at radius 2 is 2.16 bits per heavy atom. The molecule has 0 spiro atoms. The topological polar surface area (TPSA) is 40.7 Å². The molecule has 0 fully saturated rings. The van der Waals surface area contributed by atoms with Gasteiger partial charge in [0, 0.05) is 22.1 Å². The number of rotatable bonds is 3. The van der Waals surface area contributed by atoms with Gasteiger partial charge in [0.2, 0.25) is 0 Å². The van der Waals surface area contributed by atoms with E-state index >= 15 is 0 Å². The highest BCUT2D eigenvalue weighted by Gasteiger charge is 2.05. The van der Waals surface area contributed by atoms with Crippen LogP contribution in [0.2, 0.25) is 0 Å². The van der Waals surface area contributed by atoms with Crippen LogP contribution < -0.4 is 5.32 Å². The number of nitrogens with zero attached hydrogens (tertiary/aromatic N) is 1. The van der Waals surface area contributed by atoms with Gasteiger partial charge in [0.25, 0.3) is 0 Å². The van der Waals surface area contributed by atoms with E-state index in [9.17, 15) is 4.39 Å². The molecule has 0 unspecified atom stereocenters. The van der Waals surface area contributed by atoms with E-state index in [-0.39, 0.29) is 5.82 Å². The lowest BCUT2D eigenvalue weighted by atomic mass is 10.2. The second-order valence-corrected chi connectivity index (χ2v) is 5.08. The van der Waals surface area contributed by atoms with E-state index < -0.39 is 0 Å². The zero-order valence-electron chi connectivity index (χ0n) is 9.95. The zero-order chi connectivity index (χ0) is 13.2. The minimum Gasteiger partial charge on any atom is -0.380 e. The van der Waals surface area contributed by atoms with E-state index in [0.29, 0.717) is 6.54 Å². The van der Waals surface area contributed by atoms with Crippen LogP contribution in [0.1, 0.15) is 5.56 Å². The zero-order valence-corrected chi connectivity index (χ0v) is 11.5. The summed E-state index contributed by atoms with van der Waals surface area (Å²) in [6.07, 6.45) is 1.78. The Balaban J connectivity index is 1.86. The molecule has 19 heavy (non-hydrogen) atoms. The summed E-state index contributed by atoms with van der Waals surface area (Å²) in [7, 11) is 0. The molecule has 0 radical (unpaired) electrons. The number of hydrogen-bond donors (Lipinski definition) is 2. The fourth-order valence-electron chi connectivity index (χ4n) is 1.99. The highest BCUT2D eigenvalue weighted by molar-refractivity contribution is 9.10. The van der Waals surface area contributed by atoms with Gasteiger partial charge in [0.05, 0.1) is 11.7 Å². The first-order valence-corrected chi connectivity index (χ1v) is 6.63. The minimum absolute atomic E-state index is 0.235. The number of anilines is 1. The van der Waals surface area contributed by atoms with Crippen molar-refractivity contribution in [1.29, 1.82) is 0 Å². The van der Waals surface area contributed by atoms with Crippen LogP contribution in [0.15, 0.2) is 47.1 Å². The number of H-pyrrole nitrogens is 1. The fraction of sp³-hybridized carbons (Fsp3) is 0.0714. The average Bonchev–Trinajstić information content (AvgIpc) is 2.88. The monoisotopic (exact) mass is 319 g/mol. The van der Waals surface area contributed by atoms with Gasteiger partial charge in [0.1, 0.15) is 5.82 Å². The molecule has 2 N–H and O–H groups in total. The number of nitrogens with one attached hydrogen (secondary N) is 2. The maximum Gasteiger partial charge on any atom is 0.123 e. The Morgan fingerprint density at radius 3 is 3.05 bits per heavy atom. The van der Waals surface area contributed by atoms with Crippen molar-refractivity contribution in [3.05, 3.63) is 58.4 Å². The van der Waals surface area contributed by atoms with E-state index in [4.69, 9.17) is 0 Å². The van der Waals surface area contributed by atoms with Crippen LogP contribution in [0.3, 0.4) is 0 Å². The highest BCUT2D eigenvalue weighted by atomic mass is 79.9. The van der Waals surface area contributed by atoms with Crippen LogP contribution in [0.5, 0.6) is 0 Å². The molecular weight excluding hydrogens is 309 g/mol. The summed E-state index contributed by atoms with van der Waals surface area (Å²) in [4.78, 5) is 0. The molecule has 96 valence electrons. The Bertz CT molecular complexity index is 724. The lowest BCUT2D eigenvalue weighted by Gasteiger charge is -2.09. The molecule has 1 heterocycles. The van der Waals surface area contributed by atoms with Crippen LogP contribution in [0, 0.1) is 5.82 Å². The van der Waals surface area contributed by atoms with Crippen LogP contribution in [0.25, 0.3) is 10.9 Å². The lowest BCUT2D eigenvalue weighted by molar-refractivity contribution is 0.625. The van der Waals surface area contributed by atoms with E-state index in [1.165, 1.54) is 12.1 Å². The molecule has 3 rings (SSSR count). The Morgan fingerprint density at radius 1 is 1.26 bits per heavy atom.